The fourth-order valence-electron chi connectivity index (χ4n) is 3.59. The Kier molecular flexibility index (Phi) is 7.07. The second-order valence-electron chi connectivity index (χ2n) is 7.30. The number of rotatable bonds is 9. The van der Waals surface area contributed by atoms with Crippen molar-refractivity contribution in [2.45, 2.75) is 4.90 Å². The lowest BCUT2D eigenvalue weighted by atomic mass is 9.98. The van der Waals surface area contributed by atoms with Crippen LogP contribution in [0, 0.1) is 0 Å². The number of fused-ring (bicyclic) bond motifs is 1. The first kappa shape index (κ1) is 21.9. The quantitative estimate of drug-likeness (QED) is 0.380. The minimum Gasteiger partial charge on any atom is -0.312 e. The van der Waals surface area contributed by atoms with Crippen molar-refractivity contribution in [1.82, 2.24) is 15.0 Å². The van der Waals surface area contributed by atoms with Crippen LogP contribution in [0.25, 0.3) is 16.3 Å². The van der Waals surface area contributed by atoms with Crippen molar-refractivity contribution >= 4 is 26.4 Å². The van der Waals surface area contributed by atoms with E-state index in [0.717, 1.165) is 22.1 Å². The van der Waals surface area contributed by atoms with Gasteiger partial charge in [0.2, 0.25) is 10.0 Å². The minimum atomic E-state index is -3.61. The highest BCUT2D eigenvalue weighted by atomic mass is 32.2. The highest BCUT2D eigenvalue weighted by Gasteiger charge is 2.16. The molecule has 0 spiro atoms. The van der Waals surface area contributed by atoms with Crippen molar-refractivity contribution in [2.75, 3.05) is 19.6 Å². The molecule has 32 heavy (non-hydrogen) atoms. The van der Waals surface area contributed by atoms with E-state index in [2.05, 4.69) is 45.4 Å². The normalized spacial score (nSPS) is 11.4. The number of nitrogens with zero attached hydrogens (tertiary/aromatic N) is 1. The second-order valence-corrected chi connectivity index (χ2v) is 9.04. The van der Waals surface area contributed by atoms with Gasteiger partial charge in [-0.15, -0.1) is 0 Å². The summed E-state index contributed by atoms with van der Waals surface area (Å²) in [6.45, 7) is 1.43. The molecule has 0 aliphatic carbocycles. The lowest BCUT2D eigenvalue weighted by Crippen LogP contribution is -2.32. The van der Waals surface area contributed by atoms with Gasteiger partial charge in [0.15, 0.2) is 0 Å². The zero-order valence-corrected chi connectivity index (χ0v) is 18.4. The maximum absolute atomic E-state index is 12.8. The molecule has 0 atom stereocenters. The number of aromatic nitrogens is 1. The predicted molar refractivity (Wildman–Crippen MR) is 130 cm³/mol. The van der Waals surface area contributed by atoms with E-state index < -0.39 is 10.0 Å². The molecule has 0 aliphatic rings. The zero-order valence-electron chi connectivity index (χ0n) is 17.6. The highest BCUT2D eigenvalue weighted by molar-refractivity contribution is 7.89. The van der Waals surface area contributed by atoms with E-state index in [9.17, 15) is 8.42 Å². The molecule has 0 aliphatic heterocycles. The molecule has 4 aromatic rings. The summed E-state index contributed by atoms with van der Waals surface area (Å²) in [5, 5.41) is 4.77. The van der Waals surface area contributed by atoms with Crippen LogP contribution in [0.1, 0.15) is 11.1 Å². The second kappa shape index (κ2) is 10.3. The smallest absolute Gasteiger partial charge is 0.241 e. The van der Waals surface area contributed by atoms with Gasteiger partial charge in [0.05, 0.1) is 4.90 Å². The van der Waals surface area contributed by atoms with Crippen LogP contribution in [0.3, 0.4) is 0 Å². The van der Waals surface area contributed by atoms with Gasteiger partial charge in [0.25, 0.3) is 0 Å². The minimum absolute atomic E-state index is 0.271. The van der Waals surface area contributed by atoms with E-state index in [1.54, 1.807) is 30.6 Å². The molecule has 5 nitrogen and oxygen atoms in total. The van der Waals surface area contributed by atoms with E-state index in [1.165, 1.54) is 0 Å². The average Bonchev–Trinajstić information content (AvgIpc) is 2.84. The number of nitrogens with one attached hydrogen (secondary N) is 2. The molecule has 0 saturated heterocycles. The standard InChI is InChI=1S/C26H25N3O2S/c30-32(31,26-13-7-12-23-20-28-17-15-25(23)26)29-19-18-27-16-14-24(21-8-3-1-4-9-21)22-10-5-2-6-11-22/h1-15,17,20,27,29H,16,18-19H2. The summed E-state index contributed by atoms with van der Waals surface area (Å²) in [5.41, 5.74) is 3.43. The third-order valence-corrected chi connectivity index (χ3v) is 6.66. The molecule has 2 N–H and O–H groups in total. The van der Waals surface area contributed by atoms with Crippen LogP contribution in [-0.4, -0.2) is 33.0 Å². The van der Waals surface area contributed by atoms with Gasteiger partial charge in [-0.05, 0) is 28.8 Å². The van der Waals surface area contributed by atoms with Crippen molar-refractivity contribution in [2.24, 2.45) is 0 Å². The molecule has 0 amide bonds. The van der Waals surface area contributed by atoms with Gasteiger partial charge in [-0.2, -0.15) is 0 Å². The molecular formula is C26H25N3O2S. The van der Waals surface area contributed by atoms with E-state index >= 15 is 0 Å². The fraction of sp³-hybridized carbons (Fsp3) is 0.115. The number of pyridine rings is 1. The molecule has 1 aromatic heterocycles. The van der Waals surface area contributed by atoms with Crippen LogP contribution in [0.5, 0.6) is 0 Å². The summed E-state index contributed by atoms with van der Waals surface area (Å²) >= 11 is 0. The van der Waals surface area contributed by atoms with Crippen LogP contribution in [-0.2, 0) is 10.0 Å². The molecule has 0 saturated carbocycles. The van der Waals surface area contributed by atoms with Gasteiger partial charge in [0, 0.05) is 42.8 Å². The first-order chi connectivity index (χ1) is 15.6. The van der Waals surface area contributed by atoms with Crippen LogP contribution in [0.4, 0.5) is 0 Å². The molecule has 162 valence electrons. The van der Waals surface area contributed by atoms with Gasteiger partial charge < -0.3 is 5.32 Å². The number of hydrogen-bond donors (Lipinski definition) is 2. The average molecular weight is 444 g/mol. The van der Waals surface area contributed by atoms with Crippen LogP contribution >= 0.6 is 0 Å². The van der Waals surface area contributed by atoms with Crippen LogP contribution in [0.15, 0.2) is 108 Å². The summed E-state index contributed by atoms with van der Waals surface area (Å²) < 4.78 is 28.3. The summed E-state index contributed by atoms with van der Waals surface area (Å²) in [7, 11) is -3.61. The largest absolute Gasteiger partial charge is 0.312 e. The van der Waals surface area contributed by atoms with Crippen molar-refractivity contribution in [1.29, 1.82) is 0 Å². The van der Waals surface area contributed by atoms with Crippen molar-refractivity contribution < 1.29 is 8.42 Å². The zero-order chi connectivity index (χ0) is 22.2. The molecule has 4 rings (SSSR count). The van der Waals surface area contributed by atoms with E-state index in [1.807, 2.05) is 42.5 Å². The molecule has 6 heteroatoms. The molecule has 0 radical (unpaired) electrons. The Balaban J connectivity index is 1.37. The van der Waals surface area contributed by atoms with Crippen molar-refractivity contribution in [3.05, 3.63) is 115 Å². The lowest BCUT2D eigenvalue weighted by Gasteiger charge is -2.11. The van der Waals surface area contributed by atoms with E-state index in [-0.39, 0.29) is 4.90 Å². The summed E-state index contributed by atoms with van der Waals surface area (Å²) in [5.74, 6) is 0. The molecule has 0 unspecified atom stereocenters. The lowest BCUT2D eigenvalue weighted by molar-refractivity contribution is 0.579. The predicted octanol–water partition coefficient (Wildman–Crippen LogP) is 4.23. The van der Waals surface area contributed by atoms with E-state index in [0.29, 0.717) is 25.0 Å². The summed E-state index contributed by atoms with van der Waals surface area (Å²) in [6.07, 6.45) is 5.41. The monoisotopic (exact) mass is 443 g/mol. The maximum atomic E-state index is 12.8. The Morgan fingerprint density at radius 3 is 2.19 bits per heavy atom. The Morgan fingerprint density at radius 2 is 1.50 bits per heavy atom. The van der Waals surface area contributed by atoms with Gasteiger partial charge in [-0.1, -0.05) is 78.9 Å². The molecule has 1 heterocycles. The Hall–Kier alpha value is -3.32. The fourth-order valence-corrected chi connectivity index (χ4v) is 4.85. The summed E-state index contributed by atoms with van der Waals surface area (Å²) in [4.78, 5) is 4.33. The third kappa shape index (κ3) is 5.29. The first-order valence-electron chi connectivity index (χ1n) is 10.5. The van der Waals surface area contributed by atoms with Gasteiger partial charge >= 0.3 is 0 Å². The first-order valence-corrected chi connectivity index (χ1v) is 12.0. The van der Waals surface area contributed by atoms with Crippen molar-refractivity contribution in [3.8, 4) is 0 Å². The summed E-state index contributed by atoms with van der Waals surface area (Å²) in [6, 6.07) is 27.4. The van der Waals surface area contributed by atoms with Crippen molar-refractivity contribution in [3.63, 3.8) is 0 Å². The molecule has 0 fully saturated rings. The molecule has 3 aromatic carbocycles. The molecular weight excluding hydrogens is 418 g/mol. The third-order valence-electron chi connectivity index (χ3n) is 5.14. The number of benzene rings is 3. The van der Waals surface area contributed by atoms with Gasteiger partial charge in [0.1, 0.15) is 0 Å². The Morgan fingerprint density at radius 1 is 0.812 bits per heavy atom. The maximum Gasteiger partial charge on any atom is 0.241 e. The van der Waals surface area contributed by atoms with Crippen LogP contribution in [0.2, 0.25) is 0 Å². The number of hydrogen-bond acceptors (Lipinski definition) is 4. The molecule has 0 bridgehead atoms. The van der Waals surface area contributed by atoms with Gasteiger partial charge in [-0.25, -0.2) is 13.1 Å². The Bertz CT molecular complexity index is 1260. The number of sulfonamides is 1. The topological polar surface area (TPSA) is 71.1 Å². The van der Waals surface area contributed by atoms with E-state index in [4.69, 9.17) is 0 Å². The Labute approximate surface area is 188 Å². The SMILES string of the molecule is O=S(=O)(NCCNCC=C(c1ccccc1)c1ccccc1)c1cccc2cnccc12. The van der Waals surface area contributed by atoms with Crippen LogP contribution < -0.4 is 10.0 Å². The highest BCUT2D eigenvalue weighted by Crippen LogP contribution is 2.23. The van der Waals surface area contributed by atoms with Gasteiger partial charge in [-0.3, -0.25) is 4.98 Å².